The predicted octanol–water partition coefficient (Wildman–Crippen LogP) is 4.21. The minimum atomic E-state index is -0.444. The third-order valence-corrected chi connectivity index (χ3v) is 5.25. The Labute approximate surface area is 213 Å². The summed E-state index contributed by atoms with van der Waals surface area (Å²) < 4.78 is 5.51. The molecule has 0 aromatic heterocycles. The highest BCUT2D eigenvalue weighted by atomic mass is 35.5. The molecule has 182 valence electrons. The van der Waals surface area contributed by atoms with Crippen LogP contribution in [0.4, 0.5) is 5.69 Å². The summed E-state index contributed by atoms with van der Waals surface area (Å²) in [4.78, 5) is 36.0. The van der Waals surface area contributed by atoms with Crippen molar-refractivity contribution in [1.82, 2.24) is 16.2 Å². The number of benzene rings is 2. The number of hydrogen-bond donors (Lipinski definition) is 4. The first-order chi connectivity index (χ1) is 16.1. The number of carbonyl (C=O) groups excluding carboxylic acids is 3. The molecule has 0 fully saturated rings. The number of nitrogens with one attached hydrogen (secondary N) is 4. The van der Waals surface area contributed by atoms with Crippen molar-refractivity contribution < 1.29 is 19.1 Å². The van der Waals surface area contributed by atoms with Gasteiger partial charge in [-0.2, -0.15) is 0 Å². The van der Waals surface area contributed by atoms with E-state index in [-0.39, 0.29) is 42.8 Å². The Kier molecular flexibility index (Phi) is 11.1. The summed E-state index contributed by atoms with van der Waals surface area (Å²) in [5, 5.41) is 6.08. The van der Waals surface area contributed by atoms with Gasteiger partial charge in [0.15, 0.2) is 5.11 Å². The highest BCUT2D eigenvalue weighted by Gasteiger charge is 2.10. The van der Waals surface area contributed by atoms with Crippen LogP contribution in [0.3, 0.4) is 0 Å². The van der Waals surface area contributed by atoms with Crippen LogP contribution in [0.1, 0.15) is 36.8 Å². The molecule has 0 aliphatic carbocycles. The zero-order chi connectivity index (χ0) is 25.1. The van der Waals surface area contributed by atoms with Gasteiger partial charge in [0.2, 0.25) is 17.7 Å². The molecule has 4 N–H and O–H groups in total. The van der Waals surface area contributed by atoms with Gasteiger partial charge in [-0.3, -0.25) is 25.2 Å². The van der Waals surface area contributed by atoms with Crippen molar-refractivity contribution >= 4 is 63.9 Å². The maximum absolute atomic E-state index is 12.1. The van der Waals surface area contributed by atoms with Crippen molar-refractivity contribution in [1.29, 1.82) is 0 Å². The van der Waals surface area contributed by atoms with E-state index in [1.54, 1.807) is 18.2 Å². The summed E-state index contributed by atoms with van der Waals surface area (Å²) in [6.45, 7) is 4.10. The Morgan fingerprint density at radius 1 is 0.912 bits per heavy atom. The quantitative estimate of drug-likeness (QED) is 0.222. The Bertz CT molecular complexity index is 1070. The summed E-state index contributed by atoms with van der Waals surface area (Å²) >= 11 is 16.8. The number of hydrogen-bond acceptors (Lipinski definition) is 5. The lowest BCUT2D eigenvalue weighted by atomic mass is 10.1. The van der Waals surface area contributed by atoms with Crippen LogP contribution >= 0.6 is 35.4 Å². The topological polar surface area (TPSA) is 109 Å². The van der Waals surface area contributed by atoms with Crippen LogP contribution in [0.2, 0.25) is 10.0 Å². The van der Waals surface area contributed by atoms with Gasteiger partial charge in [-0.05, 0) is 67.9 Å². The van der Waals surface area contributed by atoms with E-state index in [1.807, 2.05) is 32.0 Å². The average Bonchev–Trinajstić information content (AvgIpc) is 2.77. The lowest BCUT2D eigenvalue weighted by Crippen LogP contribution is -2.48. The van der Waals surface area contributed by atoms with Gasteiger partial charge in [0.25, 0.3) is 0 Å². The molecule has 0 radical (unpaired) electrons. The number of halogens is 2. The second kappa shape index (κ2) is 13.7. The van der Waals surface area contributed by atoms with Gasteiger partial charge in [-0.1, -0.05) is 35.3 Å². The largest absolute Gasteiger partial charge is 0.492 e. The van der Waals surface area contributed by atoms with Crippen molar-refractivity contribution in [3.8, 4) is 5.75 Å². The molecular formula is C23H26Cl2N4O4S. The van der Waals surface area contributed by atoms with Crippen molar-refractivity contribution in [2.24, 2.45) is 0 Å². The van der Waals surface area contributed by atoms with Gasteiger partial charge in [-0.25, -0.2) is 0 Å². The fourth-order valence-corrected chi connectivity index (χ4v) is 3.35. The molecule has 0 saturated carbocycles. The molecule has 0 saturated heterocycles. The van der Waals surface area contributed by atoms with Crippen LogP contribution in [-0.4, -0.2) is 29.4 Å². The number of thiocarbonyl (C=S) groups is 1. The molecule has 11 heteroatoms. The predicted molar refractivity (Wildman–Crippen MR) is 137 cm³/mol. The maximum atomic E-state index is 12.1. The molecule has 34 heavy (non-hydrogen) atoms. The number of carbonyl (C=O) groups is 3. The monoisotopic (exact) mass is 524 g/mol. The third-order valence-electron chi connectivity index (χ3n) is 4.51. The van der Waals surface area contributed by atoms with Gasteiger partial charge in [0.1, 0.15) is 5.75 Å². The second-order valence-corrected chi connectivity index (χ2v) is 8.70. The van der Waals surface area contributed by atoms with Gasteiger partial charge < -0.3 is 15.4 Å². The van der Waals surface area contributed by atoms with E-state index in [0.717, 1.165) is 11.1 Å². The molecule has 0 spiro atoms. The first kappa shape index (κ1) is 27.4. The van der Waals surface area contributed by atoms with Gasteiger partial charge >= 0.3 is 0 Å². The summed E-state index contributed by atoms with van der Waals surface area (Å²) in [5.41, 5.74) is 7.47. The third kappa shape index (κ3) is 9.94. The Hall–Kier alpha value is -2.88. The minimum Gasteiger partial charge on any atom is -0.492 e. The molecule has 0 heterocycles. The molecule has 2 aromatic carbocycles. The molecule has 0 unspecified atom stereocenters. The summed E-state index contributed by atoms with van der Waals surface area (Å²) in [7, 11) is 0. The molecule has 2 rings (SSSR count). The Morgan fingerprint density at radius 2 is 1.65 bits per heavy atom. The lowest BCUT2D eigenvalue weighted by molar-refractivity contribution is -0.124. The molecule has 0 bridgehead atoms. The minimum absolute atomic E-state index is 0.00233. The molecule has 0 aliphatic rings. The highest BCUT2D eigenvalue weighted by Crippen LogP contribution is 2.27. The fourth-order valence-electron chi connectivity index (χ4n) is 2.73. The van der Waals surface area contributed by atoms with E-state index < -0.39 is 5.91 Å². The van der Waals surface area contributed by atoms with Crippen LogP contribution in [0.25, 0.3) is 0 Å². The first-order valence-electron chi connectivity index (χ1n) is 10.5. The van der Waals surface area contributed by atoms with Crippen molar-refractivity contribution in [3.63, 3.8) is 0 Å². The first-order valence-corrected chi connectivity index (χ1v) is 11.6. The highest BCUT2D eigenvalue weighted by molar-refractivity contribution is 7.80. The van der Waals surface area contributed by atoms with E-state index in [4.69, 9.17) is 40.2 Å². The van der Waals surface area contributed by atoms with E-state index in [1.165, 1.54) is 0 Å². The van der Waals surface area contributed by atoms with E-state index >= 15 is 0 Å². The molecule has 0 aliphatic heterocycles. The summed E-state index contributed by atoms with van der Waals surface area (Å²) in [5.74, 6) is -0.581. The zero-order valence-electron chi connectivity index (χ0n) is 18.8. The van der Waals surface area contributed by atoms with Crippen LogP contribution in [0.15, 0.2) is 36.4 Å². The number of rotatable bonds is 9. The van der Waals surface area contributed by atoms with Crippen LogP contribution < -0.4 is 26.2 Å². The number of anilines is 1. The molecule has 0 atom stereocenters. The van der Waals surface area contributed by atoms with Gasteiger partial charge in [0.05, 0.1) is 11.6 Å². The average molecular weight is 525 g/mol. The Morgan fingerprint density at radius 3 is 2.38 bits per heavy atom. The lowest BCUT2D eigenvalue weighted by Gasteiger charge is -2.12. The van der Waals surface area contributed by atoms with E-state index in [2.05, 4.69) is 21.5 Å². The normalized spacial score (nSPS) is 10.2. The van der Waals surface area contributed by atoms with Crippen molar-refractivity contribution in [3.05, 3.63) is 57.6 Å². The zero-order valence-corrected chi connectivity index (χ0v) is 21.1. The van der Waals surface area contributed by atoms with Gasteiger partial charge in [-0.15, -0.1) is 0 Å². The van der Waals surface area contributed by atoms with Crippen LogP contribution in [0, 0.1) is 13.8 Å². The SMILES string of the molecule is Cc1ccc(C)c(NC(=O)CCC(=O)NNC(=S)NC(=O)CCCOc2ccc(Cl)cc2Cl)c1. The molecular weight excluding hydrogens is 499 g/mol. The van der Waals surface area contributed by atoms with Gasteiger partial charge in [0, 0.05) is 30.0 Å². The smallest absolute Gasteiger partial charge is 0.238 e. The standard InChI is InChI=1S/C23H26Cl2N4O4S/c1-14-5-6-15(2)18(12-14)26-21(31)9-10-22(32)28-29-23(34)27-20(30)4-3-11-33-19-8-7-16(24)13-17(19)25/h5-8,12-13H,3-4,9-11H2,1-2H3,(H,26,31)(H,28,32)(H2,27,29,30,34). The van der Waals surface area contributed by atoms with E-state index in [0.29, 0.717) is 27.9 Å². The number of ether oxygens (including phenoxy) is 1. The molecule has 3 amide bonds. The fraction of sp³-hybridized carbons (Fsp3) is 0.304. The van der Waals surface area contributed by atoms with Crippen molar-refractivity contribution in [2.45, 2.75) is 39.5 Å². The van der Waals surface area contributed by atoms with Crippen LogP contribution in [-0.2, 0) is 14.4 Å². The Balaban J connectivity index is 1.59. The number of amides is 3. The number of aryl methyl sites for hydroxylation is 2. The molecule has 8 nitrogen and oxygen atoms in total. The molecule has 2 aromatic rings. The maximum Gasteiger partial charge on any atom is 0.238 e. The van der Waals surface area contributed by atoms with Crippen LogP contribution in [0.5, 0.6) is 5.75 Å². The number of hydrazine groups is 1. The van der Waals surface area contributed by atoms with E-state index in [9.17, 15) is 14.4 Å². The summed E-state index contributed by atoms with van der Waals surface area (Å²) in [6, 6.07) is 10.6. The summed E-state index contributed by atoms with van der Waals surface area (Å²) in [6.07, 6.45) is 0.525. The van der Waals surface area contributed by atoms with Crippen molar-refractivity contribution in [2.75, 3.05) is 11.9 Å². The second-order valence-electron chi connectivity index (χ2n) is 7.44.